The van der Waals surface area contributed by atoms with Gasteiger partial charge in [-0.3, -0.25) is 0 Å². The Balaban J connectivity index is 2.26. The van der Waals surface area contributed by atoms with Crippen LogP contribution < -0.4 is 0 Å². The largest absolute Gasteiger partial charge is 0.394 e. The number of rotatable bonds is 2. The van der Waals surface area contributed by atoms with Crippen molar-refractivity contribution in [1.29, 1.82) is 0 Å². The maximum absolute atomic E-state index is 9.96. The van der Waals surface area contributed by atoms with Gasteiger partial charge in [0.05, 0.1) is 18.8 Å². The van der Waals surface area contributed by atoms with E-state index in [1.165, 1.54) is 0 Å². The normalized spacial score (nSPS) is 31.9. The lowest BCUT2D eigenvalue weighted by Gasteiger charge is -2.36. The zero-order chi connectivity index (χ0) is 13.1. The summed E-state index contributed by atoms with van der Waals surface area (Å²) in [6.07, 6.45) is 2.49. The second-order valence-corrected chi connectivity index (χ2v) is 4.42. The molecule has 4 nitrogen and oxygen atoms in total. The van der Waals surface area contributed by atoms with Gasteiger partial charge < -0.3 is 20.1 Å². The van der Waals surface area contributed by atoms with Crippen LogP contribution in [0.25, 0.3) is 0 Å². The monoisotopic (exact) mass is 248 g/mol. The van der Waals surface area contributed by atoms with Gasteiger partial charge in [-0.15, -0.1) is 6.42 Å². The fraction of sp³-hybridized carbons (Fsp3) is 0.429. The summed E-state index contributed by atoms with van der Waals surface area (Å²) in [5, 5.41) is 28.8. The van der Waals surface area contributed by atoms with Crippen LogP contribution in [0.3, 0.4) is 0 Å². The highest BCUT2D eigenvalue weighted by molar-refractivity contribution is 5.36. The maximum atomic E-state index is 9.96. The molecule has 1 heterocycles. The number of ether oxygens (including phenoxy) is 1. The molecule has 0 unspecified atom stereocenters. The molecule has 1 aliphatic rings. The molecule has 4 heteroatoms. The lowest BCUT2D eigenvalue weighted by Crippen LogP contribution is -2.44. The van der Waals surface area contributed by atoms with Gasteiger partial charge in [-0.05, 0) is 17.7 Å². The Hall–Kier alpha value is -1.38. The Bertz CT molecular complexity index is 451. The van der Waals surface area contributed by atoms with Crippen molar-refractivity contribution in [2.45, 2.75) is 30.8 Å². The molecule has 1 aromatic carbocycles. The molecule has 4 atom stereocenters. The second kappa shape index (κ2) is 5.51. The molecule has 0 spiro atoms. The molecule has 3 N–H and O–H groups in total. The van der Waals surface area contributed by atoms with E-state index in [0.717, 1.165) is 0 Å². The minimum atomic E-state index is -1.01. The Morgan fingerprint density at radius 1 is 1.39 bits per heavy atom. The molecule has 1 aromatic rings. The molecule has 1 aliphatic heterocycles. The van der Waals surface area contributed by atoms with E-state index in [1.807, 2.05) is 0 Å². The van der Waals surface area contributed by atoms with Crippen LogP contribution in [0.15, 0.2) is 24.3 Å². The summed E-state index contributed by atoms with van der Waals surface area (Å²) >= 11 is 0. The zero-order valence-electron chi connectivity index (χ0n) is 9.86. The highest BCUT2D eigenvalue weighted by atomic mass is 16.5. The lowest BCUT2D eigenvalue weighted by atomic mass is 9.92. The average molecular weight is 248 g/mol. The topological polar surface area (TPSA) is 69.9 Å². The highest BCUT2D eigenvalue weighted by Gasteiger charge is 2.37. The lowest BCUT2D eigenvalue weighted by molar-refractivity contribution is -0.179. The fourth-order valence-corrected chi connectivity index (χ4v) is 2.15. The SMILES string of the molecule is C#Cc1cccc([C@H]2O[C@H](CO)C[C@H](O)[C@@H]2O)c1. The first-order valence-corrected chi connectivity index (χ1v) is 5.84. The first-order valence-electron chi connectivity index (χ1n) is 5.84. The van der Waals surface area contributed by atoms with Gasteiger partial charge in [0.25, 0.3) is 0 Å². The molecule has 2 rings (SSSR count). The van der Waals surface area contributed by atoms with E-state index < -0.39 is 24.4 Å². The Morgan fingerprint density at radius 2 is 2.17 bits per heavy atom. The standard InChI is InChI=1S/C14H16O4/c1-2-9-4-3-5-10(6-9)14-13(17)12(16)7-11(8-15)18-14/h1,3-6,11-17H,7-8H2/t11-,12-,13-,14+/m0/s1. The molecule has 1 saturated heterocycles. The first kappa shape index (κ1) is 13.1. The number of aliphatic hydroxyl groups is 3. The van der Waals surface area contributed by atoms with Crippen LogP contribution >= 0.6 is 0 Å². The van der Waals surface area contributed by atoms with Crippen LogP contribution in [0.5, 0.6) is 0 Å². The molecule has 0 bridgehead atoms. The molecule has 96 valence electrons. The van der Waals surface area contributed by atoms with E-state index >= 15 is 0 Å². The van der Waals surface area contributed by atoms with Crippen molar-refractivity contribution in [3.05, 3.63) is 35.4 Å². The number of aliphatic hydroxyl groups excluding tert-OH is 3. The van der Waals surface area contributed by atoms with Crippen molar-refractivity contribution in [3.8, 4) is 12.3 Å². The van der Waals surface area contributed by atoms with Gasteiger partial charge in [-0.2, -0.15) is 0 Å². The summed E-state index contributed by atoms with van der Waals surface area (Å²) in [4.78, 5) is 0. The summed E-state index contributed by atoms with van der Waals surface area (Å²) in [6.45, 7) is -0.185. The van der Waals surface area contributed by atoms with Gasteiger partial charge in [-0.1, -0.05) is 18.1 Å². The van der Waals surface area contributed by atoms with Gasteiger partial charge in [-0.25, -0.2) is 0 Å². The van der Waals surface area contributed by atoms with Crippen molar-refractivity contribution in [2.75, 3.05) is 6.61 Å². The third kappa shape index (κ3) is 2.55. The van der Waals surface area contributed by atoms with Crippen molar-refractivity contribution in [3.63, 3.8) is 0 Å². The third-order valence-electron chi connectivity index (χ3n) is 3.13. The van der Waals surface area contributed by atoms with Crippen molar-refractivity contribution in [2.24, 2.45) is 0 Å². The third-order valence-corrected chi connectivity index (χ3v) is 3.13. The number of terminal acetylenes is 1. The Labute approximate surface area is 106 Å². The van der Waals surface area contributed by atoms with E-state index in [1.54, 1.807) is 24.3 Å². The van der Waals surface area contributed by atoms with E-state index in [4.69, 9.17) is 16.3 Å². The predicted molar refractivity (Wildman–Crippen MR) is 65.7 cm³/mol. The van der Waals surface area contributed by atoms with Crippen LogP contribution in [0, 0.1) is 12.3 Å². The minimum Gasteiger partial charge on any atom is -0.394 e. The fourth-order valence-electron chi connectivity index (χ4n) is 2.15. The average Bonchev–Trinajstić information content (AvgIpc) is 2.41. The predicted octanol–water partition coefficient (Wildman–Crippen LogP) is 0.212. The minimum absolute atomic E-state index is 0.185. The van der Waals surface area contributed by atoms with Crippen molar-refractivity contribution < 1.29 is 20.1 Å². The Kier molecular flexibility index (Phi) is 4.00. The molecule has 0 amide bonds. The summed E-state index contributed by atoms with van der Waals surface area (Å²) < 4.78 is 5.58. The second-order valence-electron chi connectivity index (χ2n) is 4.42. The van der Waals surface area contributed by atoms with Crippen molar-refractivity contribution in [1.82, 2.24) is 0 Å². The molecule has 1 fully saturated rings. The highest BCUT2D eigenvalue weighted by Crippen LogP contribution is 2.32. The summed E-state index contributed by atoms with van der Waals surface area (Å²) in [5.74, 6) is 2.51. The van der Waals surface area contributed by atoms with E-state index in [9.17, 15) is 10.2 Å². The number of hydrogen-bond donors (Lipinski definition) is 3. The van der Waals surface area contributed by atoms with Crippen LogP contribution in [0.2, 0.25) is 0 Å². The summed E-state index contributed by atoms with van der Waals surface area (Å²) in [7, 11) is 0. The molecule has 0 aromatic heterocycles. The van der Waals surface area contributed by atoms with Gasteiger partial charge >= 0.3 is 0 Å². The van der Waals surface area contributed by atoms with Gasteiger partial charge in [0.15, 0.2) is 0 Å². The first-order chi connectivity index (χ1) is 8.65. The molecule has 18 heavy (non-hydrogen) atoms. The van der Waals surface area contributed by atoms with Crippen LogP contribution in [0.1, 0.15) is 23.7 Å². The number of benzene rings is 1. The maximum Gasteiger partial charge on any atom is 0.111 e. The molecular weight excluding hydrogens is 232 g/mol. The molecule has 0 saturated carbocycles. The van der Waals surface area contributed by atoms with Crippen LogP contribution in [0.4, 0.5) is 0 Å². The van der Waals surface area contributed by atoms with Crippen LogP contribution in [-0.2, 0) is 4.74 Å². The quantitative estimate of drug-likeness (QED) is 0.654. The van der Waals surface area contributed by atoms with E-state index in [2.05, 4.69) is 5.92 Å². The van der Waals surface area contributed by atoms with Crippen molar-refractivity contribution >= 4 is 0 Å². The molecular formula is C14H16O4. The summed E-state index contributed by atoms with van der Waals surface area (Å²) in [5.41, 5.74) is 1.39. The van der Waals surface area contributed by atoms with Crippen LogP contribution in [-0.4, -0.2) is 40.2 Å². The summed E-state index contributed by atoms with van der Waals surface area (Å²) in [6, 6.07) is 7.07. The molecule has 0 aliphatic carbocycles. The van der Waals surface area contributed by atoms with E-state index in [0.29, 0.717) is 11.1 Å². The van der Waals surface area contributed by atoms with Gasteiger partial charge in [0, 0.05) is 12.0 Å². The van der Waals surface area contributed by atoms with E-state index in [-0.39, 0.29) is 13.0 Å². The van der Waals surface area contributed by atoms with Gasteiger partial charge in [0.2, 0.25) is 0 Å². The Morgan fingerprint density at radius 3 is 2.83 bits per heavy atom. The zero-order valence-corrected chi connectivity index (χ0v) is 9.86. The molecule has 0 radical (unpaired) electrons. The smallest absolute Gasteiger partial charge is 0.111 e. The van der Waals surface area contributed by atoms with Gasteiger partial charge in [0.1, 0.15) is 12.2 Å². The number of hydrogen-bond acceptors (Lipinski definition) is 4.